The first-order valence-electron chi connectivity index (χ1n) is 6.64. The van der Waals surface area contributed by atoms with Gasteiger partial charge in [0.2, 0.25) is 5.91 Å². The minimum atomic E-state index is -0.00430. The highest BCUT2D eigenvalue weighted by Gasteiger charge is 2.08. The molecule has 4 heteroatoms. The highest BCUT2D eigenvalue weighted by atomic mass is 16.1. The second kappa shape index (κ2) is 4.89. The summed E-state index contributed by atoms with van der Waals surface area (Å²) in [5.41, 5.74) is 5.04. The third-order valence-electron chi connectivity index (χ3n) is 3.32. The molecule has 3 N–H and O–H groups in total. The number of carbonyl (C=O) groups excluding carboxylic acids is 1. The number of benzene rings is 1. The Morgan fingerprint density at radius 1 is 1.20 bits per heavy atom. The Morgan fingerprint density at radius 2 is 2.05 bits per heavy atom. The second-order valence-corrected chi connectivity index (χ2v) is 5.14. The molecule has 0 bridgehead atoms. The van der Waals surface area contributed by atoms with Crippen LogP contribution in [0.2, 0.25) is 0 Å². The quantitative estimate of drug-likeness (QED) is 0.670. The van der Waals surface area contributed by atoms with Crippen LogP contribution in [0.3, 0.4) is 0 Å². The molecule has 20 heavy (non-hydrogen) atoms. The molecular formula is C16H17N3O. The predicted octanol–water partition coefficient (Wildman–Crippen LogP) is 3.29. The zero-order valence-electron chi connectivity index (χ0n) is 11.6. The largest absolute Gasteiger partial charge is 0.365 e. The van der Waals surface area contributed by atoms with Crippen molar-refractivity contribution in [1.82, 2.24) is 9.97 Å². The molecule has 102 valence electrons. The average Bonchev–Trinajstić information content (AvgIpc) is 2.95. The lowest BCUT2D eigenvalue weighted by Crippen LogP contribution is -2.14. The van der Waals surface area contributed by atoms with E-state index in [1.165, 1.54) is 0 Å². The van der Waals surface area contributed by atoms with Gasteiger partial charge >= 0.3 is 0 Å². The normalized spacial score (nSPS) is 10.9. The molecule has 0 aliphatic heterocycles. The van der Waals surface area contributed by atoms with Crippen LogP contribution >= 0.6 is 0 Å². The Morgan fingerprint density at radius 3 is 2.80 bits per heavy atom. The molecule has 4 nitrogen and oxygen atoms in total. The minimum absolute atomic E-state index is 0.00430. The minimum Gasteiger partial charge on any atom is -0.365 e. The number of aromatic nitrogens is 2. The lowest BCUT2D eigenvalue weighted by Gasteiger charge is -2.05. The summed E-state index contributed by atoms with van der Waals surface area (Å²) in [4.78, 5) is 18.5. The maximum absolute atomic E-state index is 12.1. The van der Waals surface area contributed by atoms with Gasteiger partial charge in [0.05, 0.1) is 12.1 Å². The van der Waals surface area contributed by atoms with Crippen LogP contribution < -0.4 is 5.32 Å². The summed E-state index contributed by atoms with van der Waals surface area (Å²) in [6.45, 7) is 3.99. The number of carbonyl (C=O) groups is 1. The topological polar surface area (TPSA) is 60.7 Å². The number of nitrogens with one attached hydrogen (secondary N) is 3. The van der Waals surface area contributed by atoms with Crippen LogP contribution in [0.15, 0.2) is 36.5 Å². The van der Waals surface area contributed by atoms with Gasteiger partial charge in [0.1, 0.15) is 0 Å². The molecule has 0 saturated carbocycles. The van der Waals surface area contributed by atoms with Gasteiger partial charge in [-0.2, -0.15) is 0 Å². The summed E-state index contributed by atoms with van der Waals surface area (Å²) in [6.07, 6.45) is 2.25. The fourth-order valence-corrected chi connectivity index (χ4v) is 2.45. The molecule has 2 aromatic heterocycles. The van der Waals surface area contributed by atoms with E-state index in [9.17, 15) is 4.79 Å². The smallest absolute Gasteiger partial charge is 0.228 e. The number of hydrogen-bond acceptors (Lipinski definition) is 1. The van der Waals surface area contributed by atoms with Crippen LogP contribution in [0.25, 0.3) is 10.9 Å². The molecule has 0 fully saturated rings. The molecule has 0 radical (unpaired) electrons. The van der Waals surface area contributed by atoms with Crippen molar-refractivity contribution in [3.05, 3.63) is 53.5 Å². The Labute approximate surface area is 117 Å². The van der Waals surface area contributed by atoms with E-state index in [4.69, 9.17) is 0 Å². The molecule has 1 aromatic carbocycles. The molecule has 3 aromatic rings. The lowest BCUT2D eigenvalue weighted by atomic mass is 10.2. The third-order valence-corrected chi connectivity index (χ3v) is 3.32. The van der Waals surface area contributed by atoms with Crippen molar-refractivity contribution < 1.29 is 4.79 Å². The molecule has 1 amide bonds. The van der Waals surface area contributed by atoms with Gasteiger partial charge in [-0.15, -0.1) is 0 Å². The maximum Gasteiger partial charge on any atom is 0.228 e. The van der Waals surface area contributed by atoms with E-state index in [0.717, 1.165) is 33.5 Å². The van der Waals surface area contributed by atoms with E-state index in [1.54, 1.807) is 0 Å². The molecule has 0 spiro atoms. The summed E-state index contributed by atoms with van der Waals surface area (Å²) >= 11 is 0. The third kappa shape index (κ3) is 2.45. The molecule has 0 atom stereocenters. The first kappa shape index (κ1) is 12.5. The van der Waals surface area contributed by atoms with E-state index in [1.807, 2.05) is 50.4 Å². The summed E-state index contributed by atoms with van der Waals surface area (Å²) in [5, 5.41) is 4.03. The Hall–Kier alpha value is -2.49. The van der Waals surface area contributed by atoms with Crippen molar-refractivity contribution in [2.45, 2.75) is 20.3 Å². The van der Waals surface area contributed by atoms with E-state index in [0.29, 0.717) is 6.42 Å². The first-order chi connectivity index (χ1) is 9.61. The van der Waals surface area contributed by atoms with Gasteiger partial charge in [-0.05, 0) is 43.7 Å². The number of H-pyrrole nitrogens is 2. The van der Waals surface area contributed by atoms with Crippen LogP contribution in [-0.4, -0.2) is 15.9 Å². The number of aryl methyl sites for hydroxylation is 2. The predicted molar refractivity (Wildman–Crippen MR) is 80.9 cm³/mol. The van der Waals surface area contributed by atoms with Gasteiger partial charge in [-0.1, -0.05) is 6.07 Å². The highest BCUT2D eigenvalue weighted by Crippen LogP contribution is 2.24. The van der Waals surface area contributed by atoms with E-state index < -0.39 is 0 Å². The van der Waals surface area contributed by atoms with Gasteiger partial charge in [0.15, 0.2) is 0 Å². The van der Waals surface area contributed by atoms with Crippen LogP contribution in [0.4, 0.5) is 5.69 Å². The van der Waals surface area contributed by atoms with Crippen molar-refractivity contribution >= 4 is 22.5 Å². The van der Waals surface area contributed by atoms with Crippen LogP contribution in [0, 0.1) is 13.8 Å². The number of anilines is 1. The van der Waals surface area contributed by atoms with Crippen molar-refractivity contribution in [1.29, 1.82) is 0 Å². The Kier molecular flexibility index (Phi) is 3.06. The van der Waals surface area contributed by atoms with E-state index in [-0.39, 0.29) is 5.91 Å². The van der Waals surface area contributed by atoms with Crippen LogP contribution in [0.5, 0.6) is 0 Å². The van der Waals surface area contributed by atoms with Crippen molar-refractivity contribution in [3.8, 4) is 0 Å². The Balaban J connectivity index is 1.80. The van der Waals surface area contributed by atoms with Gasteiger partial charge < -0.3 is 15.3 Å². The lowest BCUT2D eigenvalue weighted by molar-refractivity contribution is -0.115. The summed E-state index contributed by atoms with van der Waals surface area (Å²) in [7, 11) is 0. The fraction of sp³-hybridized carbons (Fsp3) is 0.188. The Bertz CT molecular complexity index is 767. The van der Waals surface area contributed by atoms with Gasteiger partial charge in [-0.3, -0.25) is 4.79 Å². The SMILES string of the molecule is Cc1cc(CC(=O)Nc2cccc3[nH]c(C)cc23)c[nH]1. The van der Waals surface area contributed by atoms with Crippen LogP contribution in [0.1, 0.15) is 17.0 Å². The first-order valence-corrected chi connectivity index (χ1v) is 6.64. The zero-order valence-corrected chi connectivity index (χ0v) is 11.6. The number of hydrogen-bond donors (Lipinski definition) is 3. The number of aromatic amines is 2. The zero-order chi connectivity index (χ0) is 14.1. The summed E-state index contributed by atoms with van der Waals surface area (Å²) in [6, 6.07) is 9.91. The van der Waals surface area contributed by atoms with Crippen LogP contribution in [-0.2, 0) is 11.2 Å². The van der Waals surface area contributed by atoms with Crippen molar-refractivity contribution in [3.63, 3.8) is 0 Å². The molecular weight excluding hydrogens is 250 g/mol. The summed E-state index contributed by atoms with van der Waals surface area (Å²) < 4.78 is 0. The van der Waals surface area contributed by atoms with E-state index in [2.05, 4.69) is 15.3 Å². The van der Waals surface area contributed by atoms with Crippen molar-refractivity contribution in [2.24, 2.45) is 0 Å². The summed E-state index contributed by atoms with van der Waals surface area (Å²) in [5.74, 6) is -0.00430. The monoisotopic (exact) mass is 267 g/mol. The molecule has 3 rings (SSSR count). The number of rotatable bonds is 3. The molecule has 0 unspecified atom stereocenters. The van der Waals surface area contributed by atoms with Gasteiger partial charge in [0.25, 0.3) is 0 Å². The van der Waals surface area contributed by atoms with E-state index >= 15 is 0 Å². The standard InChI is InChI=1S/C16H17N3O/c1-10-6-12(9-17-10)8-16(20)19-15-5-3-4-14-13(15)7-11(2)18-14/h3-7,9,17-18H,8H2,1-2H3,(H,19,20). The van der Waals surface area contributed by atoms with Crippen molar-refractivity contribution in [2.75, 3.05) is 5.32 Å². The number of amides is 1. The second-order valence-electron chi connectivity index (χ2n) is 5.14. The van der Waals surface area contributed by atoms with Gasteiger partial charge in [-0.25, -0.2) is 0 Å². The molecule has 2 heterocycles. The molecule has 0 saturated heterocycles. The number of fused-ring (bicyclic) bond motifs is 1. The fourth-order valence-electron chi connectivity index (χ4n) is 2.45. The molecule has 0 aliphatic carbocycles. The maximum atomic E-state index is 12.1. The molecule has 0 aliphatic rings. The highest BCUT2D eigenvalue weighted by molar-refractivity contribution is 6.02. The van der Waals surface area contributed by atoms with Gasteiger partial charge in [0, 0.05) is 28.5 Å². The average molecular weight is 267 g/mol.